The molecule has 0 aliphatic rings. The Bertz CT molecular complexity index is 475. The summed E-state index contributed by atoms with van der Waals surface area (Å²) in [7, 11) is 0. The first-order valence-electron chi connectivity index (χ1n) is 5.76. The van der Waals surface area contributed by atoms with Gasteiger partial charge in [-0.25, -0.2) is 0 Å². The van der Waals surface area contributed by atoms with Crippen LogP contribution in [0.25, 0.3) is 0 Å². The molecule has 0 radical (unpaired) electrons. The Morgan fingerprint density at radius 1 is 1.21 bits per heavy atom. The Balaban J connectivity index is 3.00. The minimum Gasteiger partial charge on any atom is -0.424 e. The van der Waals surface area contributed by atoms with Crippen molar-refractivity contribution in [2.45, 2.75) is 38.8 Å². The van der Waals surface area contributed by atoms with Gasteiger partial charge in [0.1, 0.15) is 0 Å². The van der Waals surface area contributed by atoms with Gasteiger partial charge in [0.2, 0.25) is 11.8 Å². The molecule has 1 aromatic heterocycles. The van der Waals surface area contributed by atoms with Gasteiger partial charge in [-0.05, 0) is 12.3 Å². The van der Waals surface area contributed by atoms with E-state index in [0.717, 1.165) is 18.4 Å². The molecule has 0 aliphatic heterocycles. The minimum absolute atomic E-state index is 0.0310. The summed E-state index contributed by atoms with van der Waals surface area (Å²) in [6, 6.07) is 0. The van der Waals surface area contributed by atoms with E-state index < -0.39 is 17.7 Å². The lowest BCUT2D eigenvalue weighted by Crippen LogP contribution is -2.11. The highest BCUT2D eigenvalue weighted by Crippen LogP contribution is 2.30. The maximum absolute atomic E-state index is 12.7. The summed E-state index contributed by atoms with van der Waals surface area (Å²) in [5.41, 5.74) is 4.17. The molecule has 1 heterocycles. The zero-order chi connectivity index (χ0) is 14.6. The molecule has 7 heteroatoms. The highest BCUT2D eigenvalue weighted by Gasteiger charge is 2.32. The van der Waals surface area contributed by atoms with Crippen LogP contribution in [0.2, 0.25) is 0 Å². The topological polar surface area (TPSA) is 64.9 Å². The van der Waals surface area contributed by atoms with Crippen molar-refractivity contribution in [3.8, 4) is 0 Å². The average molecular weight is 275 g/mol. The van der Waals surface area contributed by atoms with Gasteiger partial charge >= 0.3 is 6.18 Å². The average Bonchev–Trinajstić information content (AvgIpc) is 2.76. The van der Waals surface area contributed by atoms with E-state index in [-0.39, 0.29) is 11.8 Å². The predicted octanol–water partition coefficient (Wildman–Crippen LogP) is 3.26. The van der Waals surface area contributed by atoms with E-state index in [0.29, 0.717) is 5.89 Å². The van der Waals surface area contributed by atoms with Crippen molar-refractivity contribution in [3.63, 3.8) is 0 Å². The van der Waals surface area contributed by atoms with Crippen molar-refractivity contribution in [2.75, 3.05) is 0 Å². The van der Waals surface area contributed by atoms with Gasteiger partial charge in [0.25, 0.3) is 0 Å². The number of rotatable bonds is 4. The van der Waals surface area contributed by atoms with Gasteiger partial charge in [-0.15, -0.1) is 10.2 Å². The van der Waals surface area contributed by atoms with E-state index >= 15 is 0 Å². The minimum atomic E-state index is -4.47. The fourth-order valence-electron chi connectivity index (χ4n) is 1.35. The third-order valence-corrected chi connectivity index (χ3v) is 2.37. The summed E-state index contributed by atoms with van der Waals surface area (Å²) < 4.78 is 43.3. The van der Waals surface area contributed by atoms with Crippen molar-refractivity contribution in [1.29, 1.82) is 0 Å². The van der Waals surface area contributed by atoms with Crippen molar-refractivity contribution in [3.05, 3.63) is 35.7 Å². The van der Waals surface area contributed by atoms with Crippen molar-refractivity contribution >= 4 is 0 Å². The molecule has 0 aromatic carbocycles. The number of halogens is 3. The molecule has 0 amide bonds. The molecule has 1 aromatic rings. The number of hydrogen-bond donors (Lipinski definition) is 1. The van der Waals surface area contributed by atoms with E-state index in [1.165, 1.54) is 0 Å². The van der Waals surface area contributed by atoms with Gasteiger partial charge in [-0.1, -0.05) is 26.8 Å². The van der Waals surface area contributed by atoms with E-state index in [9.17, 15) is 13.2 Å². The highest BCUT2D eigenvalue weighted by atomic mass is 19.4. The summed E-state index contributed by atoms with van der Waals surface area (Å²) in [6.45, 7) is 5.26. The first-order chi connectivity index (χ1) is 8.75. The van der Waals surface area contributed by atoms with E-state index in [2.05, 4.69) is 10.2 Å². The van der Waals surface area contributed by atoms with E-state index in [1.54, 1.807) is 6.92 Å². The zero-order valence-corrected chi connectivity index (χ0v) is 10.9. The predicted molar refractivity (Wildman–Crippen MR) is 64.3 cm³/mol. The van der Waals surface area contributed by atoms with Gasteiger partial charge in [0.15, 0.2) is 0 Å². The molecule has 2 N–H and O–H groups in total. The van der Waals surface area contributed by atoms with Crippen molar-refractivity contribution in [1.82, 2.24) is 10.2 Å². The number of nitrogens with two attached hydrogens (primary N) is 1. The molecule has 0 saturated carbocycles. The number of hydrogen-bond acceptors (Lipinski definition) is 4. The normalized spacial score (nSPS) is 15.4. The van der Waals surface area contributed by atoms with E-state index in [1.807, 2.05) is 13.8 Å². The summed E-state index contributed by atoms with van der Waals surface area (Å²) in [4.78, 5) is 0. The monoisotopic (exact) mass is 275 g/mol. The second-order valence-corrected chi connectivity index (χ2v) is 4.40. The van der Waals surface area contributed by atoms with Crippen LogP contribution in [-0.2, 0) is 0 Å². The van der Waals surface area contributed by atoms with Crippen LogP contribution in [0.5, 0.6) is 0 Å². The molecular weight excluding hydrogens is 259 g/mol. The van der Waals surface area contributed by atoms with E-state index in [4.69, 9.17) is 10.2 Å². The van der Waals surface area contributed by atoms with Crippen LogP contribution in [0.1, 0.15) is 44.4 Å². The molecule has 0 saturated heterocycles. The molecule has 1 unspecified atom stereocenters. The molecule has 0 aliphatic carbocycles. The fraction of sp³-hybridized carbons (Fsp3) is 0.500. The Morgan fingerprint density at radius 2 is 1.79 bits per heavy atom. The smallest absolute Gasteiger partial charge is 0.416 e. The van der Waals surface area contributed by atoms with Crippen LogP contribution in [-0.4, -0.2) is 16.4 Å². The van der Waals surface area contributed by atoms with Gasteiger partial charge in [-0.3, -0.25) is 0 Å². The molecule has 106 valence electrons. The summed E-state index contributed by atoms with van der Waals surface area (Å²) in [5, 5.41) is 7.53. The lowest BCUT2D eigenvalue weighted by molar-refractivity contribution is -0.0885. The van der Waals surface area contributed by atoms with Gasteiger partial charge in [0, 0.05) is 5.92 Å². The Labute approximate surface area is 109 Å². The Morgan fingerprint density at radius 3 is 2.21 bits per heavy atom. The number of allylic oxidation sites excluding steroid dienone is 3. The molecular formula is C12H16F3N3O. The standard InChI is InChI=1S/C12H16F3N3O/c1-7(2)10-17-18-11(19-10)8(3)6-9(4-5-16)12(13,14)15/h4-8H,16H2,1-3H3/b5-4-,9-6+. The Hall–Kier alpha value is -1.79. The zero-order valence-electron chi connectivity index (χ0n) is 10.9. The lowest BCUT2D eigenvalue weighted by atomic mass is 10.1. The molecule has 0 bridgehead atoms. The van der Waals surface area contributed by atoms with Crippen LogP contribution >= 0.6 is 0 Å². The molecule has 0 spiro atoms. The quantitative estimate of drug-likeness (QED) is 0.856. The largest absolute Gasteiger partial charge is 0.424 e. The summed E-state index contributed by atoms with van der Waals surface area (Å²) >= 11 is 0. The highest BCUT2D eigenvalue weighted by molar-refractivity contribution is 5.26. The number of aromatic nitrogens is 2. The van der Waals surface area contributed by atoms with Crippen LogP contribution in [0.3, 0.4) is 0 Å². The van der Waals surface area contributed by atoms with Gasteiger partial charge in [-0.2, -0.15) is 13.2 Å². The molecule has 0 fully saturated rings. The Kier molecular flexibility index (Phi) is 4.74. The first kappa shape index (κ1) is 15.3. The maximum Gasteiger partial charge on any atom is 0.416 e. The molecule has 19 heavy (non-hydrogen) atoms. The van der Waals surface area contributed by atoms with Crippen LogP contribution in [0.15, 0.2) is 28.3 Å². The van der Waals surface area contributed by atoms with Crippen LogP contribution in [0, 0.1) is 0 Å². The SMILES string of the molecule is CC(C)c1nnc(C(C)/C=C(\C=C/N)C(F)(F)F)o1. The number of alkyl halides is 3. The lowest BCUT2D eigenvalue weighted by Gasteiger charge is -2.09. The second kappa shape index (κ2) is 5.90. The van der Waals surface area contributed by atoms with Gasteiger partial charge in [0.05, 0.1) is 11.5 Å². The van der Waals surface area contributed by atoms with Gasteiger partial charge < -0.3 is 10.2 Å². The van der Waals surface area contributed by atoms with Crippen LogP contribution in [0.4, 0.5) is 13.2 Å². The molecule has 4 nitrogen and oxygen atoms in total. The maximum atomic E-state index is 12.7. The second-order valence-electron chi connectivity index (χ2n) is 4.40. The molecule has 1 atom stereocenters. The fourth-order valence-corrected chi connectivity index (χ4v) is 1.35. The summed E-state index contributed by atoms with van der Waals surface area (Å²) in [5.74, 6) is -0.0645. The van der Waals surface area contributed by atoms with Crippen LogP contribution < -0.4 is 5.73 Å². The van der Waals surface area contributed by atoms with Crippen molar-refractivity contribution in [2.24, 2.45) is 5.73 Å². The number of nitrogens with zero attached hydrogens (tertiary/aromatic N) is 2. The third kappa shape index (κ3) is 4.11. The summed E-state index contributed by atoms with van der Waals surface area (Å²) in [6.07, 6.45) is -1.82. The molecule has 1 rings (SSSR count). The first-order valence-corrected chi connectivity index (χ1v) is 5.76. The third-order valence-electron chi connectivity index (χ3n) is 2.37. The van der Waals surface area contributed by atoms with Crippen molar-refractivity contribution < 1.29 is 17.6 Å².